The third-order valence-corrected chi connectivity index (χ3v) is 9.63. The number of piperazine rings is 1. The van der Waals surface area contributed by atoms with Gasteiger partial charge in [-0.2, -0.15) is 0 Å². The number of aromatic nitrogens is 2. The van der Waals surface area contributed by atoms with Crippen LogP contribution in [0.2, 0.25) is 0 Å². The van der Waals surface area contributed by atoms with Crippen molar-refractivity contribution in [3.8, 4) is 22.1 Å². The maximum atomic E-state index is 15.0. The Hall–Kier alpha value is -3.73. The van der Waals surface area contributed by atoms with Gasteiger partial charge in [-0.15, -0.1) is 11.3 Å². The van der Waals surface area contributed by atoms with Gasteiger partial charge in [0.25, 0.3) is 5.91 Å². The lowest BCUT2D eigenvalue weighted by molar-refractivity contribution is -0.144. The van der Waals surface area contributed by atoms with Crippen molar-refractivity contribution >= 4 is 33.2 Å². The number of hydrogen-bond acceptors (Lipinski definition) is 8. The predicted octanol–water partition coefficient (Wildman–Crippen LogP) is 5.37. The average molecular weight is 601 g/mol. The second kappa shape index (κ2) is 11.4. The van der Waals surface area contributed by atoms with Gasteiger partial charge in [-0.25, -0.2) is 4.39 Å². The minimum Gasteiger partial charge on any atom is -0.453 e. The monoisotopic (exact) mass is 600 g/mol. The molecule has 1 saturated heterocycles. The molecule has 3 aromatic heterocycles. The van der Waals surface area contributed by atoms with E-state index in [4.69, 9.17) is 9.72 Å². The van der Waals surface area contributed by atoms with Gasteiger partial charge in [0.05, 0.1) is 20.8 Å². The molecule has 1 aliphatic heterocycles. The summed E-state index contributed by atoms with van der Waals surface area (Å²) in [7, 11) is 0. The van der Waals surface area contributed by atoms with Crippen LogP contribution in [0.25, 0.3) is 20.8 Å². The largest absolute Gasteiger partial charge is 0.453 e. The van der Waals surface area contributed by atoms with Gasteiger partial charge in [0.1, 0.15) is 17.1 Å². The number of carbonyl (C=O) groups excluding carboxylic acids is 2. The summed E-state index contributed by atoms with van der Waals surface area (Å²) < 4.78 is 21.8. The lowest BCUT2D eigenvalue weighted by Gasteiger charge is -2.35. The topological polar surface area (TPSA) is 95.9 Å². The van der Waals surface area contributed by atoms with E-state index in [1.807, 2.05) is 18.3 Å². The molecule has 0 unspecified atom stereocenters. The molecule has 2 aliphatic carbocycles. The van der Waals surface area contributed by atoms with E-state index in [1.165, 1.54) is 17.4 Å². The molecule has 43 heavy (non-hydrogen) atoms. The average Bonchev–Trinajstić information content (AvgIpc) is 3.93. The highest BCUT2D eigenvalue weighted by Gasteiger charge is 2.50. The fraction of sp³-hybridized carbons (Fsp3) is 0.394. The summed E-state index contributed by atoms with van der Waals surface area (Å²) >= 11 is 1.49. The van der Waals surface area contributed by atoms with Crippen LogP contribution in [0, 0.1) is 11.7 Å². The highest BCUT2D eigenvalue weighted by molar-refractivity contribution is 7.22. The van der Waals surface area contributed by atoms with Gasteiger partial charge in [-0.1, -0.05) is 12.1 Å². The van der Waals surface area contributed by atoms with Crippen LogP contribution in [0.5, 0.6) is 11.5 Å². The molecule has 0 atom stereocenters. The second-order valence-corrected chi connectivity index (χ2v) is 13.1. The number of hydrogen-bond donors (Lipinski definition) is 1. The van der Waals surface area contributed by atoms with E-state index in [-0.39, 0.29) is 23.9 Å². The molecule has 1 amide bonds. The highest BCUT2D eigenvalue weighted by atomic mass is 32.1. The molecule has 0 radical (unpaired) electrons. The zero-order valence-corrected chi connectivity index (χ0v) is 24.6. The summed E-state index contributed by atoms with van der Waals surface area (Å²) in [4.78, 5) is 38.8. The number of Topliss-reactive ketones (excluding diaryl/α,β-unsaturated/α-hetero) is 1. The molecule has 3 fully saturated rings. The number of ketones is 1. The van der Waals surface area contributed by atoms with E-state index in [0.717, 1.165) is 58.8 Å². The molecule has 7 rings (SSSR count). The standard InChI is InChI=1S/C33H33FN4O4S/c34-25-17-22(16-24(39)15-21-1-2-21)4-6-28(25)42-29-7-10-35-27-18-30(43-31(27)29)26-5-3-23(19-36-26)20-37-11-13-38(14-12-37)32(40)33(41)8-9-33/h3-7,10,17-19,21,41H,1-2,8-9,11-16,20H2. The summed E-state index contributed by atoms with van der Waals surface area (Å²) in [6, 6.07) is 12.5. The van der Waals surface area contributed by atoms with E-state index >= 15 is 0 Å². The number of ether oxygens (including phenoxy) is 1. The van der Waals surface area contributed by atoms with Gasteiger partial charge in [-0.05, 0) is 67.0 Å². The van der Waals surface area contributed by atoms with Gasteiger partial charge >= 0.3 is 0 Å². The SMILES string of the molecule is O=C(Cc1ccc(Oc2ccnc3cc(-c4ccc(CN5CCN(C(=O)C6(O)CC6)CC5)cn4)sc23)c(F)c1)CC1CC1. The maximum Gasteiger partial charge on any atom is 0.254 e. The van der Waals surface area contributed by atoms with Crippen LogP contribution in [0.15, 0.2) is 54.9 Å². The van der Waals surface area contributed by atoms with Crippen LogP contribution in [0.3, 0.4) is 0 Å². The number of thiophene rings is 1. The first-order valence-electron chi connectivity index (χ1n) is 14.9. The fourth-order valence-electron chi connectivity index (χ4n) is 5.58. The third-order valence-electron chi connectivity index (χ3n) is 8.47. The Bertz CT molecular complexity index is 1670. The Kier molecular flexibility index (Phi) is 7.44. The Balaban J connectivity index is 0.993. The molecule has 10 heteroatoms. The Morgan fingerprint density at radius 1 is 1.00 bits per heavy atom. The number of halogens is 1. The molecule has 4 heterocycles. The summed E-state index contributed by atoms with van der Waals surface area (Å²) in [5.41, 5.74) is 2.21. The van der Waals surface area contributed by atoms with Gasteiger partial charge in [0, 0.05) is 64.0 Å². The quantitative estimate of drug-likeness (QED) is 0.262. The molecule has 2 saturated carbocycles. The number of nitrogens with zero attached hydrogens (tertiary/aromatic N) is 4. The number of pyridine rings is 2. The van der Waals surface area contributed by atoms with Crippen LogP contribution >= 0.6 is 11.3 Å². The number of carbonyl (C=O) groups is 2. The lowest BCUT2D eigenvalue weighted by atomic mass is 10.0. The Morgan fingerprint density at radius 3 is 2.49 bits per heavy atom. The third kappa shape index (κ3) is 6.32. The number of aliphatic hydroxyl groups is 1. The molecule has 0 spiro atoms. The highest BCUT2D eigenvalue weighted by Crippen LogP contribution is 2.40. The normalized spacial score (nSPS) is 18.1. The first-order chi connectivity index (χ1) is 20.8. The number of amides is 1. The van der Waals surface area contributed by atoms with Crippen LogP contribution in [0.1, 0.15) is 43.2 Å². The zero-order valence-electron chi connectivity index (χ0n) is 23.8. The van der Waals surface area contributed by atoms with Crippen molar-refractivity contribution in [2.75, 3.05) is 26.2 Å². The molecule has 3 aliphatic rings. The van der Waals surface area contributed by atoms with Crippen molar-refractivity contribution in [3.05, 3.63) is 71.8 Å². The van der Waals surface area contributed by atoms with Crippen molar-refractivity contribution in [2.45, 2.75) is 50.7 Å². The van der Waals surface area contributed by atoms with E-state index in [2.05, 4.69) is 16.0 Å². The zero-order chi connectivity index (χ0) is 29.6. The van der Waals surface area contributed by atoms with Crippen molar-refractivity contribution in [2.24, 2.45) is 5.92 Å². The first-order valence-corrected chi connectivity index (χ1v) is 15.7. The van der Waals surface area contributed by atoms with Gasteiger partial charge < -0.3 is 14.7 Å². The minimum absolute atomic E-state index is 0.108. The van der Waals surface area contributed by atoms with Crippen LogP contribution < -0.4 is 4.74 Å². The van der Waals surface area contributed by atoms with Gasteiger partial charge in [-0.3, -0.25) is 24.5 Å². The number of fused-ring (bicyclic) bond motifs is 1. The summed E-state index contributed by atoms with van der Waals surface area (Å²) in [5, 5.41) is 10.1. The Labute approximate surface area is 253 Å². The van der Waals surface area contributed by atoms with Gasteiger partial charge in [0.2, 0.25) is 0 Å². The predicted molar refractivity (Wildman–Crippen MR) is 161 cm³/mol. The number of benzene rings is 1. The molecule has 222 valence electrons. The summed E-state index contributed by atoms with van der Waals surface area (Å²) in [5.74, 6) is 0.674. The second-order valence-electron chi connectivity index (χ2n) is 12.0. The van der Waals surface area contributed by atoms with E-state index in [0.29, 0.717) is 49.6 Å². The Morgan fingerprint density at radius 2 is 1.79 bits per heavy atom. The smallest absolute Gasteiger partial charge is 0.254 e. The van der Waals surface area contributed by atoms with Crippen LogP contribution in [-0.4, -0.2) is 68.3 Å². The summed E-state index contributed by atoms with van der Waals surface area (Å²) in [6.45, 7) is 3.51. The van der Waals surface area contributed by atoms with E-state index < -0.39 is 11.4 Å². The molecule has 0 bridgehead atoms. The number of rotatable bonds is 10. The fourth-order valence-corrected chi connectivity index (χ4v) is 6.62. The van der Waals surface area contributed by atoms with E-state index in [1.54, 1.807) is 29.3 Å². The molecule has 1 N–H and O–H groups in total. The lowest BCUT2D eigenvalue weighted by Crippen LogP contribution is -2.51. The van der Waals surface area contributed by atoms with Crippen molar-refractivity contribution in [1.82, 2.24) is 19.8 Å². The molecule has 8 nitrogen and oxygen atoms in total. The molecular formula is C33H33FN4O4S. The molecule has 4 aromatic rings. The molecular weight excluding hydrogens is 567 g/mol. The van der Waals surface area contributed by atoms with E-state index in [9.17, 15) is 19.1 Å². The van der Waals surface area contributed by atoms with Crippen molar-refractivity contribution in [1.29, 1.82) is 0 Å². The minimum atomic E-state index is -1.10. The van der Waals surface area contributed by atoms with Crippen molar-refractivity contribution < 1.29 is 23.8 Å². The van der Waals surface area contributed by atoms with Gasteiger partial charge in [0.15, 0.2) is 11.6 Å². The first kappa shape index (κ1) is 28.1. The van der Waals surface area contributed by atoms with Crippen LogP contribution in [-0.2, 0) is 22.6 Å². The van der Waals surface area contributed by atoms with Crippen molar-refractivity contribution in [3.63, 3.8) is 0 Å². The molecule has 1 aromatic carbocycles. The maximum absolute atomic E-state index is 15.0. The van der Waals surface area contributed by atoms with Crippen LogP contribution in [0.4, 0.5) is 4.39 Å². The summed E-state index contributed by atoms with van der Waals surface area (Å²) in [6.07, 6.45) is 7.74.